The molecule has 0 N–H and O–H groups in total. The molecule has 2 aromatic heterocycles. The van der Waals surface area contributed by atoms with Crippen molar-refractivity contribution in [1.29, 1.82) is 0 Å². The highest BCUT2D eigenvalue weighted by Gasteiger charge is 2.44. The lowest BCUT2D eigenvalue weighted by molar-refractivity contribution is 0.0971. The van der Waals surface area contributed by atoms with Crippen LogP contribution in [0.15, 0.2) is 57.1 Å². The third kappa shape index (κ3) is 3.17. The topological polar surface area (TPSA) is 63.4 Å². The number of carbonyl (C=O) groups is 1. The number of benzene rings is 2. The minimum atomic E-state index is -0.585. The molecule has 1 amide bonds. The van der Waals surface area contributed by atoms with Crippen LogP contribution in [-0.4, -0.2) is 10.9 Å². The second kappa shape index (κ2) is 7.14. The van der Waals surface area contributed by atoms with Gasteiger partial charge in [-0.25, -0.2) is 4.98 Å². The van der Waals surface area contributed by atoms with Gasteiger partial charge in [-0.2, -0.15) is 0 Å². The van der Waals surface area contributed by atoms with Gasteiger partial charge in [0.25, 0.3) is 5.91 Å². The van der Waals surface area contributed by atoms with Crippen molar-refractivity contribution in [1.82, 2.24) is 4.98 Å². The molecule has 162 valence electrons. The fourth-order valence-electron chi connectivity index (χ4n) is 4.22. The first-order chi connectivity index (χ1) is 15.1. The molecule has 0 saturated carbocycles. The van der Waals surface area contributed by atoms with Gasteiger partial charge in [0.2, 0.25) is 5.76 Å². The summed E-state index contributed by atoms with van der Waals surface area (Å²) in [6, 6.07) is 13.0. The van der Waals surface area contributed by atoms with Crippen molar-refractivity contribution in [3.63, 3.8) is 0 Å². The number of fused-ring (bicyclic) bond motifs is 2. The molecule has 0 saturated heterocycles. The fraction of sp³-hybridized carbons (Fsp3) is 0.269. The molecule has 0 unspecified atom stereocenters. The summed E-state index contributed by atoms with van der Waals surface area (Å²) in [5.41, 5.74) is 4.47. The molecular weight excluding hydrogens is 420 g/mol. The van der Waals surface area contributed by atoms with Gasteiger partial charge in [0.1, 0.15) is 5.58 Å². The SMILES string of the molecule is Cc1ccc2oc3c(c(=O)c2c1)[C@@H](c1ccc(C(C)(C)C)cc1)N(c1nc(C)cs1)C3=O. The lowest BCUT2D eigenvalue weighted by atomic mass is 9.86. The summed E-state index contributed by atoms with van der Waals surface area (Å²) in [4.78, 5) is 33.3. The van der Waals surface area contributed by atoms with Gasteiger partial charge >= 0.3 is 0 Å². The molecule has 3 heterocycles. The molecule has 1 aliphatic rings. The molecule has 1 aliphatic heterocycles. The Morgan fingerprint density at radius 1 is 1.03 bits per heavy atom. The molecule has 5 rings (SSSR count). The number of nitrogens with zero attached hydrogens (tertiary/aromatic N) is 2. The van der Waals surface area contributed by atoms with E-state index < -0.39 is 6.04 Å². The van der Waals surface area contributed by atoms with E-state index in [9.17, 15) is 9.59 Å². The number of rotatable bonds is 2. The first-order valence-corrected chi connectivity index (χ1v) is 11.5. The van der Waals surface area contributed by atoms with Gasteiger partial charge in [-0.3, -0.25) is 14.5 Å². The molecule has 6 heteroatoms. The molecule has 0 fully saturated rings. The van der Waals surface area contributed by atoms with Gasteiger partial charge in [0, 0.05) is 5.38 Å². The van der Waals surface area contributed by atoms with Crippen LogP contribution >= 0.6 is 11.3 Å². The minimum absolute atomic E-state index is 0.000790. The van der Waals surface area contributed by atoms with Crippen molar-refractivity contribution in [3.05, 3.63) is 91.8 Å². The highest BCUT2D eigenvalue weighted by molar-refractivity contribution is 7.14. The van der Waals surface area contributed by atoms with E-state index in [-0.39, 0.29) is 22.5 Å². The third-order valence-electron chi connectivity index (χ3n) is 5.93. The van der Waals surface area contributed by atoms with Crippen LogP contribution < -0.4 is 10.3 Å². The molecule has 0 radical (unpaired) electrons. The Hall–Kier alpha value is -3.25. The number of hydrogen-bond donors (Lipinski definition) is 0. The normalized spacial score (nSPS) is 16.1. The van der Waals surface area contributed by atoms with Gasteiger partial charge < -0.3 is 4.42 Å². The third-order valence-corrected chi connectivity index (χ3v) is 6.89. The second-order valence-corrected chi connectivity index (χ2v) is 10.2. The molecule has 0 aliphatic carbocycles. The van der Waals surface area contributed by atoms with Gasteiger partial charge in [-0.15, -0.1) is 11.3 Å². The van der Waals surface area contributed by atoms with Crippen LogP contribution in [0.5, 0.6) is 0 Å². The van der Waals surface area contributed by atoms with E-state index in [1.54, 1.807) is 11.0 Å². The zero-order chi connectivity index (χ0) is 22.8. The quantitative estimate of drug-likeness (QED) is 0.385. The van der Waals surface area contributed by atoms with Crippen LogP contribution in [0, 0.1) is 13.8 Å². The summed E-state index contributed by atoms with van der Waals surface area (Å²) in [5.74, 6) is -0.233. The average Bonchev–Trinajstić information content (AvgIpc) is 3.29. The number of anilines is 1. The maximum absolute atomic E-state index is 13.7. The van der Waals surface area contributed by atoms with Crippen LogP contribution in [0.1, 0.15) is 65.3 Å². The van der Waals surface area contributed by atoms with E-state index in [4.69, 9.17) is 4.42 Å². The largest absolute Gasteiger partial charge is 0.450 e. The average molecular weight is 445 g/mol. The maximum Gasteiger partial charge on any atom is 0.297 e. The lowest BCUT2D eigenvalue weighted by Gasteiger charge is -2.24. The van der Waals surface area contributed by atoms with Crippen LogP contribution in [0.3, 0.4) is 0 Å². The van der Waals surface area contributed by atoms with E-state index in [1.165, 1.54) is 16.9 Å². The Morgan fingerprint density at radius 3 is 2.38 bits per heavy atom. The number of carbonyl (C=O) groups excluding carboxylic acids is 1. The molecule has 0 bridgehead atoms. The van der Waals surface area contributed by atoms with Crippen LogP contribution in [-0.2, 0) is 5.41 Å². The molecule has 4 aromatic rings. The van der Waals surface area contributed by atoms with E-state index in [1.807, 2.05) is 43.5 Å². The van der Waals surface area contributed by atoms with E-state index in [0.29, 0.717) is 21.7 Å². The van der Waals surface area contributed by atoms with Crippen molar-refractivity contribution in [2.75, 3.05) is 4.90 Å². The fourth-order valence-corrected chi connectivity index (χ4v) is 5.04. The monoisotopic (exact) mass is 444 g/mol. The predicted octanol–water partition coefficient (Wildman–Crippen LogP) is 5.91. The Balaban J connectivity index is 1.77. The van der Waals surface area contributed by atoms with Crippen LogP contribution in [0.2, 0.25) is 0 Å². The van der Waals surface area contributed by atoms with Gasteiger partial charge in [0.05, 0.1) is 22.7 Å². The van der Waals surface area contributed by atoms with E-state index >= 15 is 0 Å². The van der Waals surface area contributed by atoms with Crippen LogP contribution in [0.4, 0.5) is 5.13 Å². The van der Waals surface area contributed by atoms with E-state index in [2.05, 4.69) is 37.9 Å². The molecular formula is C26H24N2O3S. The summed E-state index contributed by atoms with van der Waals surface area (Å²) in [6.45, 7) is 10.3. The Morgan fingerprint density at radius 2 is 1.75 bits per heavy atom. The maximum atomic E-state index is 13.7. The van der Waals surface area contributed by atoms with Crippen molar-refractivity contribution < 1.29 is 9.21 Å². The van der Waals surface area contributed by atoms with Gasteiger partial charge in [0.15, 0.2) is 10.6 Å². The standard InChI is InChI=1S/C26H24N2O3S/c1-14-6-11-19-18(12-14)22(29)20-21(16-7-9-17(10-8-16)26(3,4)5)28(24(30)23(20)31-19)25-27-15(2)13-32-25/h6-13,21H,1-5H3/t21-/m1/s1. The van der Waals surface area contributed by atoms with Gasteiger partial charge in [-0.05, 0) is 42.5 Å². The Kier molecular flexibility index (Phi) is 4.60. The van der Waals surface area contributed by atoms with Crippen molar-refractivity contribution in [3.8, 4) is 0 Å². The number of aromatic nitrogens is 1. The number of amides is 1. The summed E-state index contributed by atoms with van der Waals surface area (Å²) in [5, 5.41) is 2.95. The molecule has 32 heavy (non-hydrogen) atoms. The minimum Gasteiger partial charge on any atom is -0.450 e. The first-order valence-electron chi connectivity index (χ1n) is 10.6. The second-order valence-electron chi connectivity index (χ2n) is 9.39. The summed E-state index contributed by atoms with van der Waals surface area (Å²) in [7, 11) is 0. The van der Waals surface area contributed by atoms with Crippen molar-refractivity contribution >= 4 is 33.3 Å². The highest BCUT2D eigenvalue weighted by atomic mass is 32.1. The summed E-state index contributed by atoms with van der Waals surface area (Å²) < 4.78 is 6.03. The lowest BCUT2D eigenvalue weighted by Crippen LogP contribution is -2.29. The predicted molar refractivity (Wildman–Crippen MR) is 128 cm³/mol. The molecule has 1 atom stereocenters. The Labute approximate surface area is 190 Å². The number of hydrogen-bond acceptors (Lipinski definition) is 5. The first kappa shape index (κ1) is 20.6. The number of thiazole rings is 1. The zero-order valence-electron chi connectivity index (χ0n) is 18.7. The summed E-state index contributed by atoms with van der Waals surface area (Å²) in [6.07, 6.45) is 0. The summed E-state index contributed by atoms with van der Waals surface area (Å²) >= 11 is 1.39. The van der Waals surface area contributed by atoms with Crippen molar-refractivity contribution in [2.24, 2.45) is 0 Å². The highest BCUT2D eigenvalue weighted by Crippen LogP contribution is 2.42. The zero-order valence-corrected chi connectivity index (χ0v) is 19.5. The molecule has 5 nitrogen and oxygen atoms in total. The van der Waals surface area contributed by atoms with E-state index in [0.717, 1.165) is 16.8 Å². The van der Waals surface area contributed by atoms with Crippen molar-refractivity contribution in [2.45, 2.75) is 46.1 Å². The Bertz CT molecular complexity index is 1420. The smallest absolute Gasteiger partial charge is 0.297 e. The van der Waals surface area contributed by atoms with Gasteiger partial charge in [-0.1, -0.05) is 56.7 Å². The molecule has 0 spiro atoms. The molecule has 2 aromatic carbocycles. The number of aryl methyl sites for hydroxylation is 2. The van der Waals surface area contributed by atoms with Crippen LogP contribution in [0.25, 0.3) is 11.0 Å².